The summed E-state index contributed by atoms with van der Waals surface area (Å²) in [4.78, 5) is 58.8. The third-order valence-electron chi connectivity index (χ3n) is 3.84. The molecule has 27 heavy (non-hydrogen) atoms. The summed E-state index contributed by atoms with van der Waals surface area (Å²) >= 11 is 0. The zero-order valence-corrected chi connectivity index (χ0v) is 14.2. The Morgan fingerprint density at radius 2 is 1.78 bits per heavy atom. The van der Waals surface area contributed by atoms with Crippen LogP contribution in [0.25, 0.3) is 0 Å². The molecule has 0 bridgehead atoms. The minimum absolute atomic E-state index is 0.00327. The van der Waals surface area contributed by atoms with Crippen LogP contribution in [0.5, 0.6) is 5.75 Å². The predicted molar refractivity (Wildman–Crippen MR) is 88.7 cm³/mol. The number of carboxylic acid groups (broad SMARTS) is 2. The number of likely N-dealkylation sites (tertiary alicyclic amines) is 1. The van der Waals surface area contributed by atoms with Crippen molar-refractivity contribution < 1.29 is 38.9 Å². The number of hydrogen-bond acceptors (Lipinski definition) is 6. The number of piperidine rings is 1. The van der Waals surface area contributed by atoms with Crippen LogP contribution in [0, 0.1) is 5.92 Å². The number of ketones is 1. The highest BCUT2D eigenvalue weighted by atomic mass is 16.5. The van der Waals surface area contributed by atoms with E-state index in [-0.39, 0.29) is 19.5 Å². The fourth-order valence-electron chi connectivity index (χ4n) is 2.56. The Kier molecular flexibility index (Phi) is 6.47. The van der Waals surface area contributed by atoms with Crippen LogP contribution in [0.2, 0.25) is 0 Å². The van der Waals surface area contributed by atoms with E-state index >= 15 is 0 Å². The van der Waals surface area contributed by atoms with Crippen molar-refractivity contribution in [1.29, 1.82) is 0 Å². The van der Waals surface area contributed by atoms with Crippen molar-refractivity contribution >= 4 is 29.5 Å². The molecule has 0 spiro atoms. The molecule has 3 N–H and O–H groups in total. The summed E-state index contributed by atoms with van der Waals surface area (Å²) in [5.74, 6) is -5.72. The van der Waals surface area contributed by atoms with Crippen molar-refractivity contribution in [2.24, 2.45) is 5.92 Å². The van der Waals surface area contributed by atoms with Gasteiger partial charge < -0.3 is 25.2 Å². The molecule has 2 rings (SSSR count). The molecular formula is C17H18N2O8. The van der Waals surface area contributed by atoms with Crippen LogP contribution in [-0.4, -0.2) is 64.3 Å². The van der Waals surface area contributed by atoms with Gasteiger partial charge in [0.15, 0.2) is 18.3 Å². The number of ether oxygens (including phenoxy) is 1. The molecule has 1 heterocycles. The molecule has 1 unspecified atom stereocenters. The number of carboxylic acids is 2. The van der Waals surface area contributed by atoms with Gasteiger partial charge in [-0.25, -0.2) is 4.79 Å². The van der Waals surface area contributed by atoms with Gasteiger partial charge in [-0.15, -0.1) is 0 Å². The average Bonchev–Trinajstić information content (AvgIpc) is 2.61. The van der Waals surface area contributed by atoms with Gasteiger partial charge in [0.25, 0.3) is 0 Å². The van der Waals surface area contributed by atoms with Crippen LogP contribution in [0.4, 0.5) is 0 Å². The fraction of sp³-hybridized carbons (Fsp3) is 0.353. The number of rotatable bonds is 8. The van der Waals surface area contributed by atoms with E-state index in [1.807, 2.05) is 0 Å². The highest BCUT2D eigenvalue weighted by Gasteiger charge is 2.40. The van der Waals surface area contributed by atoms with Gasteiger partial charge in [0.2, 0.25) is 11.8 Å². The second kappa shape index (κ2) is 8.79. The van der Waals surface area contributed by atoms with Crippen molar-refractivity contribution in [1.82, 2.24) is 10.2 Å². The van der Waals surface area contributed by atoms with E-state index in [2.05, 4.69) is 5.32 Å². The summed E-state index contributed by atoms with van der Waals surface area (Å²) in [6, 6.07) is 6.38. The number of aliphatic carboxylic acids is 2. The smallest absolute Gasteiger partial charge is 0.341 e. The Balaban J connectivity index is 2.00. The molecule has 0 aromatic heterocycles. The van der Waals surface area contributed by atoms with E-state index in [0.717, 1.165) is 0 Å². The van der Waals surface area contributed by atoms with Crippen LogP contribution in [0.15, 0.2) is 24.3 Å². The molecular weight excluding hydrogens is 360 g/mol. The minimum atomic E-state index is -1.55. The maximum Gasteiger partial charge on any atom is 0.341 e. The number of carbonyl (C=O) groups is 5. The zero-order valence-electron chi connectivity index (χ0n) is 14.2. The second-order valence-corrected chi connectivity index (χ2v) is 5.85. The van der Waals surface area contributed by atoms with E-state index in [9.17, 15) is 24.0 Å². The molecule has 10 heteroatoms. The van der Waals surface area contributed by atoms with Gasteiger partial charge >= 0.3 is 11.9 Å². The van der Waals surface area contributed by atoms with Crippen molar-refractivity contribution in [3.05, 3.63) is 29.8 Å². The SMILES string of the molecule is O=C(O)CNC(=O)C1C(=O)CCN(Cc2ccc(OCC(=O)O)cc2)C1=O. The summed E-state index contributed by atoms with van der Waals surface area (Å²) in [5, 5.41) is 19.2. The Labute approximate surface area is 153 Å². The summed E-state index contributed by atoms with van der Waals surface area (Å²) in [6.45, 7) is -0.849. The molecule has 1 aromatic carbocycles. The van der Waals surface area contributed by atoms with Crippen molar-refractivity contribution in [2.75, 3.05) is 19.7 Å². The highest BCUT2D eigenvalue weighted by molar-refractivity contribution is 6.19. The molecule has 1 fully saturated rings. The van der Waals surface area contributed by atoms with Crippen LogP contribution in [0.1, 0.15) is 12.0 Å². The van der Waals surface area contributed by atoms with Crippen molar-refractivity contribution in [3.63, 3.8) is 0 Å². The van der Waals surface area contributed by atoms with E-state index in [1.165, 1.54) is 4.90 Å². The van der Waals surface area contributed by atoms with E-state index in [0.29, 0.717) is 11.3 Å². The molecule has 0 radical (unpaired) electrons. The molecule has 1 saturated heterocycles. The summed E-state index contributed by atoms with van der Waals surface area (Å²) < 4.78 is 5.02. The van der Waals surface area contributed by atoms with Crippen LogP contribution in [0.3, 0.4) is 0 Å². The Morgan fingerprint density at radius 3 is 2.37 bits per heavy atom. The lowest BCUT2D eigenvalue weighted by Crippen LogP contribution is -2.52. The minimum Gasteiger partial charge on any atom is -0.482 e. The second-order valence-electron chi connectivity index (χ2n) is 5.85. The molecule has 2 amide bonds. The van der Waals surface area contributed by atoms with Gasteiger partial charge in [0.05, 0.1) is 0 Å². The van der Waals surface area contributed by atoms with Gasteiger partial charge in [-0.3, -0.25) is 19.2 Å². The first kappa shape index (κ1) is 19.9. The number of nitrogens with zero attached hydrogens (tertiary/aromatic N) is 1. The summed E-state index contributed by atoms with van der Waals surface area (Å²) in [6.07, 6.45) is -0.00327. The number of nitrogens with one attached hydrogen (secondary N) is 1. The number of benzene rings is 1. The summed E-state index contributed by atoms with van der Waals surface area (Å²) in [5.41, 5.74) is 0.699. The van der Waals surface area contributed by atoms with Gasteiger partial charge in [0.1, 0.15) is 12.3 Å². The number of hydrogen-bond donors (Lipinski definition) is 3. The van der Waals surface area contributed by atoms with E-state index in [1.54, 1.807) is 24.3 Å². The maximum absolute atomic E-state index is 12.5. The predicted octanol–water partition coefficient (Wildman–Crippen LogP) is -0.732. The maximum atomic E-state index is 12.5. The summed E-state index contributed by atoms with van der Waals surface area (Å²) in [7, 11) is 0. The van der Waals surface area contributed by atoms with Gasteiger partial charge in [0, 0.05) is 19.5 Å². The molecule has 1 aliphatic heterocycles. The Morgan fingerprint density at radius 1 is 1.11 bits per heavy atom. The molecule has 1 aromatic rings. The topological polar surface area (TPSA) is 150 Å². The number of amides is 2. The molecule has 10 nitrogen and oxygen atoms in total. The third kappa shape index (κ3) is 5.53. The Hall–Kier alpha value is -3.43. The third-order valence-corrected chi connectivity index (χ3v) is 3.84. The molecule has 0 saturated carbocycles. The highest BCUT2D eigenvalue weighted by Crippen LogP contribution is 2.19. The van der Waals surface area contributed by atoms with Crippen LogP contribution < -0.4 is 10.1 Å². The first-order valence-electron chi connectivity index (χ1n) is 8.02. The lowest BCUT2D eigenvalue weighted by Gasteiger charge is -2.30. The van der Waals surface area contributed by atoms with Gasteiger partial charge in [-0.05, 0) is 17.7 Å². The monoisotopic (exact) mass is 378 g/mol. The normalized spacial score (nSPS) is 16.7. The first-order chi connectivity index (χ1) is 12.8. The number of carbonyl (C=O) groups excluding carboxylic acids is 3. The average molecular weight is 378 g/mol. The fourth-order valence-corrected chi connectivity index (χ4v) is 2.56. The van der Waals surface area contributed by atoms with Crippen molar-refractivity contribution in [2.45, 2.75) is 13.0 Å². The molecule has 1 atom stereocenters. The van der Waals surface area contributed by atoms with E-state index in [4.69, 9.17) is 14.9 Å². The number of Topliss-reactive ketones (excluding diaryl/α,β-unsaturated/α-hetero) is 1. The first-order valence-corrected chi connectivity index (χ1v) is 8.02. The molecule has 0 aliphatic carbocycles. The molecule has 144 valence electrons. The standard InChI is InChI=1S/C17H18N2O8/c20-12-5-6-19(17(26)15(12)16(25)18-7-13(21)22)8-10-1-3-11(4-2-10)27-9-14(23)24/h1-4,15H,5-9H2,(H,18,25)(H,21,22)(H,23,24). The van der Waals surface area contributed by atoms with E-state index < -0.39 is 48.6 Å². The molecule has 1 aliphatic rings. The quantitative estimate of drug-likeness (QED) is 0.501. The Bertz CT molecular complexity index is 759. The largest absolute Gasteiger partial charge is 0.482 e. The van der Waals surface area contributed by atoms with Crippen LogP contribution >= 0.6 is 0 Å². The van der Waals surface area contributed by atoms with Crippen molar-refractivity contribution in [3.8, 4) is 5.75 Å². The van der Waals surface area contributed by atoms with Gasteiger partial charge in [-0.1, -0.05) is 12.1 Å². The lowest BCUT2D eigenvalue weighted by atomic mass is 9.94. The lowest BCUT2D eigenvalue weighted by molar-refractivity contribution is -0.152. The van der Waals surface area contributed by atoms with Crippen LogP contribution in [-0.2, 0) is 30.5 Å². The zero-order chi connectivity index (χ0) is 20.0. The van der Waals surface area contributed by atoms with Gasteiger partial charge in [-0.2, -0.15) is 0 Å².